The summed E-state index contributed by atoms with van der Waals surface area (Å²) in [5.74, 6) is 0.502. The number of rotatable bonds is 12. The maximum atomic E-state index is 9.77. The van der Waals surface area contributed by atoms with Crippen molar-refractivity contribution in [3.8, 4) is 0 Å². The van der Waals surface area contributed by atoms with Gasteiger partial charge in [0.15, 0.2) is 5.16 Å². The van der Waals surface area contributed by atoms with Crippen LogP contribution in [0.15, 0.2) is 11.5 Å². The number of hydrogen-bond donors (Lipinski definition) is 2. The monoisotopic (exact) mass is 337 g/mol. The van der Waals surface area contributed by atoms with Gasteiger partial charge in [0.05, 0.1) is 12.7 Å². The highest BCUT2D eigenvalue weighted by molar-refractivity contribution is 7.99. The Morgan fingerprint density at radius 1 is 1.33 bits per heavy atom. The zero-order chi connectivity index (χ0) is 15.6. The summed E-state index contributed by atoms with van der Waals surface area (Å²) in [7, 11) is 2.25. The highest BCUT2D eigenvalue weighted by Crippen LogP contribution is 2.15. The van der Waals surface area contributed by atoms with E-state index in [9.17, 15) is 5.11 Å². The van der Waals surface area contributed by atoms with Crippen LogP contribution in [0, 0.1) is 0 Å². The summed E-state index contributed by atoms with van der Waals surface area (Å²) in [6.07, 6.45) is 1.71. The van der Waals surface area contributed by atoms with E-state index in [1.54, 1.807) is 21.3 Å². The summed E-state index contributed by atoms with van der Waals surface area (Å²) in [6.45, 7) is 0.803. The summed E-state index contributed by atoms with van der Waals surface area (Å²) >= 11 is 1.40. The fourth-order valence-corrected chi connectivity index (χ4v) is 4.03. The fourth-order valence-electron chi connectivity index (χ4n) is 1.65. The minimum absolute atomic E-state index is 0.280. The number of hydrogen-bond acceptors (Lipinski definition) is 8. The topological polar surface area (TPSA) is 98.7 Å². The van der Waals surface area contributed by atoms with Crippen LogP contribution < -0.4 is 0 Å². The van der Waals surface area contributed by atoms with Crippen LogP contribution in [-0.4, -0.2) is 75.5 Å². The average Bonchev–Trinajstić information content (AvgIpc) is 3.03. The van der Waals surface area contributed by atoms with Crippen molar-refractivity contribution in [2.24, 2.45) is 0 Å². The molecule has 0 aliphatic carbocycles. The van der Waals surface area contributed by atoms with Crippen molar-refractivity contribution in [2.45, 2.75) is 23.7 Å². The second kappa shape index (κ2) is 10.3. The Bertz CT molecular complexity index is 358. The number of aliphatic hydroxyl groups is 1. The lowest BCUT2D eigenvalue weighted by Crippen LogP contribution is -2.42. The molecule has 10 heteroatoms. The number of H-pyrrole nitrogens is 1. The molecule has 1 heterocycles. The van der Waals surface area contributed by atoms with E-state index in [1.165, 1.54) is 18.1 Å². The lowest BCUT2D eigenvalue weighted by Gasteiger charge is -2.24. The van der Waals surface area contributed by atoms with Crippen LogP contribution >= 0.6 is 11.8 Å². The van der Waals surface area contributed by atoms with Gasteiger partial charge < -0.3 is 28.1 Å². The molecular weight excluding hydrogens is 314 g/mol. The van der Waals surface area contributed by atoms with Gasteiger partial charge in [0.2, 0.25) is 0 Å². The van der Waals surface area contributed by atoms with E-state index in [0.29, 0.717) is 23.6 Å². The van der Waals surface area contributed by atoms with Crippen molar-refractivity contribution in [2.75, 3.05) is 40.3 Å². The van der Waals surface area contributed by atoms with Crippen LogP contribution in [0.5, 0.6) is 0 Å². The van der Waals surface area contributed by atoms with Crippen LogP contribution in [0.2, 0.25) is 6.04 Å². The summed E-state index contributed by atoms with van der Waals surface area (Å²) in [4.78, 5) is 2.86. The molecule has 1 aromatic heterocycles. The van der Waals surface area contributed by atoms with E-state index in [2.05, 4.69) is 15.2 Å². The lowest BCUT2D eigenvalue weighted by atomic mass is 10.4. The van der Waals surface area contributed by atoms with Crippen molar-refractivity contribution in [1.29, 1.82) is 0 Å². The Balaban J connectivity index is 2.07. The number of nitrogens with zero attached hydrogens (tertiary/aromatic N) is 2. The molecule has 2 N–H and O–H groups in total. The highest BCUT2D eigenvalue weighted by Gasteiger charge is 2.36. The van der Waals surface area contributed by atoms with E-state index in [-0.39, 0.29) is 6.61 Å². The van der Waals surface area contributed by atoms with Gasteiger partial charge in [-0.3, -0.25) is 0 Å². The van der Waals surface area contributed by atoms with Gasteiger partial charge in [0.25, 0.3) is 0 Å². The normalized spacial score (nSPS) is 13.5. The van der Waals surface area contributed by atoms with Gasteiger partial charge in [0.1, 0.15) is 6.33 Å². The SMILES string of the molecule is CO[Si](CCCOCC(O)CSc1nnc[nH]1)(OC)OC. The Hall–Kier alpha value is -0.493. The summed E-state index contributed by atoms with van der Waals surface area (Å²) in [6, 6.07) is 0.680. The largest absolute Gasteiger partial charge is 0.500 e. The zero-order valence-electron chi connectivity index (χ0n) is 12.6. The van der Waals surface area contributed by atoms with E-state index in [0.717, 1.165) is 6.42 Å². The van der Waals surface area contributed by atoms with Crippen LogP contribution in [0.3, 0.4) is 0 Å². The molecule has 0 saturated heterocycles. The van der Waals surface area contributed by atoms with Gasteiger partial charge in [-0.25, -0.2) is 0 Å². The number of nitrogens with one attached hydrogen (secondary N) is 1. The van der Waals surface area contributed by atoms with E-state index in [1.807, 2.05) is 0 Å². The smallest absolute Gasteiger partial charge is 0.390 e. The van der Waals surface area contributed by atoms with E-state index < -0.39 is 14.9 Å². The molecule has 0 aliphatic rings. The molecule has 8 nitrogen and oxygen atoms in total. The average molecular weight is 337 g/mol. The molecule has 0 aliphatic heterocycles. The van der Waals surface area contributed by atoms with Gasteiger partial charge in [0, 0.05) is 39.7 Å². The molecule has 1 aromatic rings. The molecule has 122 valence electrons. The van der Waals surface area contributed by atoms with E-state index in [4.69, 9.17) is 18.0 Å². The Labute approximate surface area is 129 Å². The maximum absolute atomic E-state index is 9.77. The molecule has 0 amide bonds. The van der Waals surface area contributed by atoms with Crippen molar-refractivity contribution in [3.05, 3.63) is 6.33 Å². The number of aromatic amines is 1. The fraction of sp³-hybridized carbons (Fsp3) is 0.818. The Kier molecular flexibility index (Phi) is 9.07. The Morgan fingerprint density at radius 2 is 2.05 bits per heavy atom. The molecule has 1 unspecified atom stereocenters. The van der Waals surface area contributed by atoms with Gasteiger partial charge >= 0.3 is 8.80 Å². The number of aromatic nitrogens is 3. The highest BCUT2D eigenvalue weighted by atomic mass is 32.2. The molecular formula is C11H23N3O5SSi. The van der Waals surface area contributed by atoms with Gasteiger partial charge in [-0.15, -0.1) is 10.2 Å². The number of aliphatic hydroxyl groups excluding tert-OH is 1. The molecule has 1 rings (SSSR count). The molecule has 0 fully saturated rings. The summed E-state index contributed by atoms with van der Waals surface area (Å²) in [5, 5.41) is 17.9. The maximum Gasteiger partial charge on any atom is 0.500 e. The predicted octanol–water partition coefficient (Wildman–Crippen LogP) is 0.542. The number of ether oxygens (including phenoxy) is 1. The Morgan fingerprint density at radius 3 is 2.62 bits per heavy atom. The molecule has 21 heavy (non-hydrogen) atoms. The zero-order valence-corrected chi connectivity index (χ0v) is 14.4. The van der Waals surface area contributed by atoms with Gasteiger partial charge in [-0.1, -0.05) is 11.8 Å². The summed E-state index contributed by atoms with van der Waals surface area (Å²) in [5.41, 5.74) is 0. The van der Waals surface area contributed by atoms with E-state index >= 15 is 0 Å². The molecule has 0 bridgehead atoms. The van der Waals surface area contributed by atoms with Crippen LogP contribution in [0.4, 0.5) is 0 Å². The van der Waals surface area contributed by atoms with Crippen LogP contribution in [0.1, 0.15) is 6.42 Å². The number of thioether (sulfide) groups is 1. The molecule has 0 saturated carbocycles. The minimum Gasteiger partial charge on any atom is -0.390 e. The van der Waals surface area contributed by atoms with Crippen molar-refractivity contribution >= 4 is 20.6 Å². The van der Waals surface area contributed by atoms with Crippen molar-refractivity contribution in [3.63, 3.8) is 0 Å². The van der Waals surface area contributed by atoms with Gasteiger partial charge in [-0.2, -0.15) is 0 Å². The lowest BCUT2D eigenvalue weighted by molar-refractivity contribution is 0.0461. The third kappa shape index (κ3) is 6.87. The second-order valence-electron chi connectivity index (χ2n) is 4.23. The molecule has 0 spiro atoms. The van der Waals surface area contributed by atoms with Crippen molar-refractivity contribution < 1.29 is 23.1 Å². The van der Waals surface area contributed by atoms with Gasteiger partial charge in [-0.05, 0) is 6.42 Å². The third-order valence-electron chi connectivity index (χ3n) is 2.82. The molecule has 0 aromatic carbocycles. The van der Waals surface area contributed by atoms with Crippen LogP contribution in [-0.2, 0) is 18.0 Å². The first-order valence-corrected chi connectivity index (χ1v) is 9.47. The molecule has 0 radical (unpaired) electrons. The minimum atomic E-state index is -2.51. The van der Waals surface area contributed by atoms with Crippen molar-refractivity contribution in [1.82, 2.24) is 15.2 Å². The standard InChI is InChI=1S/C11H23N3O5SSi/c1-16-21(17-2,18-3)6-4-5-19-7-10(15)8-20-11-12-9-13-14-11/h9-10,15H,4-8H2,1-3H3,(H,12,13,14). The second-order valence-corrected chi connectivity index (χ2v) is 8.33. The van der Waals surface area contributed by atoms with Crippen LogP contribution in [0.25, 0.3) is 0 Å². The first kappa shape index (κ1) is 18.6. The predicted molar refractivity (Wildman–Crippen MR) is 80.1 cm³/mol. The molecule has 1 atom stereocenters. The summed E-state index contributed by atoms with van der Waals surface area (Å²) < 4.78 is 21.4. The third-order valence-corrected chi connectivity index (χ3v) is 6.68. The quantitative estimate of drug-likeness (QED) is 0.324. The first-order chi connectivity index (χ1) is 10.2. The first-order valence-electron chi connectivity index (χ1n) is 6.56.